The summed E-state index contributed by atoms with van der Waals surface area (Å²) in [6.45, 7) is 9.91. The molecule has 0 fully saturated rings. The molecule has 0 radical (unpaired) electrons. The van der Waals surface area contributed by atoms with E-state index in [0.29, 0.717) is 12.1 Å². The second kappa shape index (κ2) is 8.27. The van der Waals surface area contributed by atoms with Crippen molar-refractivity contribution < 1.29 is 4.79 Å². The van der Waals surface area contributed by atoms with E-state index < -0.39 is 0 Å². The van der Waals surface area contributed by atoms with Crippen molar-refractivity contribution in [3.05, 3.63) is 17.5 Å². The van der Waals surface area contributed by atoms with Gasteiger partial charge in [0.1, 0.15) is 0 Å². The first-order chi connectivity index (χ1) is 8.91. The first kappa shape index (κ1) is 18.9. The summed E-state index contributed by atoms with van der Waals surface area (Å²) in [6.07, 6.45) is 3.41. The molecule has 0 aliphatic heterocycles. The average Bonchev–Trinajstić information content (AvgIpc) is 2.77. The summed E-state index contributed by atoms with van der Waals surface area (Å²) in [5, 5.41) is 10.4. The second-order valence-electron chi connectivity index (χ2n) is 5.65. The van der Waals surface area contributed by atoms with Crippen LogP contribution >= 0.6 is 12.4 Å². The number of carbonyl (C=O) groups is 1. The molecule has 2 N–H and O–H groups in total. The minimum atomic E-state index is -0.101. The van der Waals surface area contributed by atoms with Gasteiger partial charge in [0.05, 0.1) is 23.0 Å². The summed E-state index contributed by atoms with van der Waals surface area (Å²) in [5.41, 5.74) is 1.59. The summed E-state index contributed by atoms with van der Waals surface area (Å²) < 4.78 is 1.94. The van der Waals surface area contributed by atoms with Gasteiger partial charge in [0.25, 0.3) is 5.91 Å². The third-order valence-corrected chi connectivity index (χ3v) is 2.97. The smallest absolute Gasteiger partial charge is 0.254 e. The van der Waals surface area contributed by atoms with Crippen molar-refractivity contribution in [2.24, 2.45) is 0 Å². The monoisotopic (exact) mass is 302 g/mol. The van der Waals surface area contributed by atoms with Crippen molar-refractivity contribution in [1.29, 1.82) is 0 Å². The number of hydrogen-bond donors (Lipinski definition) is 2. The summed E-state index contributed by atoms with van der Waals surface area (Å²) in [6, 6.07) is 0. The molecule has 0 saturated heterocycles. The van der Waals surface area contributed by atoms with Crippen LogP contribution in [0, 0.1) is 0 Å². The Balaban J connectivity index is 0.00000361. The van der Waals surface area contributed by atoms with Gasteiger partial charge in [-0.05, 0) is 47.2 Å². The van der Waals surface area contributed by atoms with Crippen LogP contribution < -0.4 is 10.6 Å². The first-order valence-corrected chi connectivity index (χ1v) is 6.92. The van der Waals surface area contributed by atoms with E-state index in [-0.39, 0.29) is 23.9 Å². The van der Waals surface area contributed by atoms with Crippen molar-refractivity contribution in [3.8, 4) is 0 Å². The summed E-state index contributed by atoms with van der Waals surface area (Å²) >= 11 is 0. The largest absolute Gasteiger partial charge is 0.352 e. The van der Waals surface area contributed by atoms with Crippen LogP contribution in [0.25, 0.3) is 0 Å². The van der Waals surface area contributed by atoms with Crippen LogP contribution in [-0.4, -0.2) is 35.8 Å². The topological polar surface area (TPSA) is 59.0 Å². The minimum Gasteiger partial charge on any atom is -0.352 e. The van der Waals surface area contributed by atoms with Crippen LogP contribution in [0.5, 0.6) is 0 Å². The Morgan fingerprint density at radius 2 is 2.00 bits per heavy atom. The van der Waals surface area contributed by atoms with Gasteiger partial charge in [0.2, 0.25) is 0 Å². The quantitative estimate of drug-likeness (QED) is 0.790. The van der Waals surface area contributed by atoms with E-state index in [1.807, 2.05) is 11.7 Å². The molecule has 1 heterocycles. The number of hydrogen-bond acceptors (Lipinski definition) is 3. The standard InChI is InChI=1S/C14H26N4O.ClH/c1-6-12-11(10-17-18(12)14(2,3)4)13(19)16-9-7-8-15-5;/h10,15H,6-9H2,1-5H3,(H,16,19);1H. The maximum atomic E-state index is 12.1. The first-order valence-electron chi connectivity index (χ1n) is 6.92. The Hall–Kier alpha value is -1.07. The zero-order valence-corrected chi connectivity index (χ0v) is 13.9. The molecule has 5 nitrogen and oxygen atoms in total. The van der Waals surface area contributed by atoms with E-state index in [2.05, 4.69) is 43.4 Å². The van der Waals surface area contributed by atoms with Gasteiger partial charge >= 0.3 is 0 Å². The average molecular weight is 303 g/mol. The molecular weight excluding hydrogens is 276 g/mol. The molecule has 1 amide bonds. The van der Waals surface area contributed by atoms with E-state index in [9.17, 15) is 4.79 Å². The molecule has 0 bridgehead atoms. The zero-order chi connectivity index (χ0) is 14.5. The van der Waals surface area contributed by atoms with E-state index in [0.717, 1.165) is 25.1 Å². The Kier molecular flexibility index (Phi) is 7.83. The normalized spacial score (nSPS) is 11.1. The molecular formula is C14H27ClN4O. The Bertz CT molecular complexity index is 423. The molecule has 20 heavy (non-hydrogen) atoms. The number of halogens is 1. The van der Waals surface area contributed by atoms with Gasteiger partial charge in [0, 0.05) is 6.54 Å². The Morgan fingerprint density at radius 1 is 1.35 bits per heavy atom. The van der Waals surface area contributed by atoms with Crippen molar-refractivity contribution >= 4 is 18.3 Å². The molecule has 0 aliphatic rings. The lowest BCUT2D eigenvalue weighted by atomic mass is 10.1. The number of nitrogens with one attached hydrogen (secondary N) is 2. The SMILES string of the molecule is CCc1c(C(=O)NCCCNC)cnn1C(C)(C)C.Cl. The van der Waals surface area contributed by atoms with Gasteiger partial charge in [-0.3, -0.25) is 9.48 Å². The highest BCUT2D eigenvalue weighted by Gasteiger charge is 2.22. The van der Waals surface area contributed by atoms with Crippen LogP contribution in [0.15, 0.2) is 6.20 Å². The van der Waals surface area contributed by atoms with Crippen molar-refractivity contribution in [2.45, 2.75) is 46.1 Å². The highest BCUT2D eigenvalue weighted by Crippen LogP contribution is 2.19. The summed E-state index contributed by atoms with van der Waals surface area (Å²) in [4.78, 5) is 12.1. The van der Waals surface area contributed by atoms with E-state index in [1.54, 1.807) is 6.20 Å². The van der Waals surface area contributed by atoms with Crippen LogP contribution in [0.1, 0.15) is 50.2 Å². The second-order valence-corrected chi connectivity index (χ2v) is 5.65. The van der Waals surface area contributed by atoms with E-state index in [1.165, 1.54) is 0 Å². The van der Waals surface area contributed by atoms with Crippen molar-refractivity contribution in [3.63, 3.8) is 0 Å². The van der Waals surface area contributed by atoms with Crippen LogP contribution in [0.3, 0.4) is 0 Å². The summed E-state index contributed by atoms with van der Waals surface area (Å²) in [5.74, 6) is -0.0246. The lowest BCUT2D eigenvalue weighted by Crippen LogP contribution is -2.29. The molecule has 116 valence electrons. The molecule has 0 aromatic carbocycles. The molecule has 1 rings (SSSR count). The fraction of sp³-hybridized carbons (Fsp3) is 0.714. The van der Waals surface area contributed by atoms with Crippen LogP contribution in [0.4, 0.5) is 0 Å². The van der Waals surface area contributed by atoms with Gasteiger partial charge in [-0.25, -0.2) is 0 Å². The van der Waals surface area contributed by atoms with E-state index >= 15 is 0 Å². The molecule has 0 spiro atoms. The molecule has 0 aliphatic carbocycles. The van der Waals surface area contributed by atoms with Crippen molar-refractivity contribution in [1.82, 2.24) is 20.4 Å². The predicted octanol–water partition coefficient (Wildman–Crippen LogP) is 1.96. The lowest BCUT2D eigenvalue weighted by Gasteiger charge is -2.22. The van der Waals surface area contributed by atoms with Gasteiger partial charge < -0.3 is 10.6 Å². The number of nitrogens with zero attached hydrogens (tertiary/aromatic N) is 2. The summed E-state index contributed by atoms with van der Waals surface area (Å²) in [7, 11) is 1.91. The Labute approximate surface area is 127 Å². The predicted molar refractivity (Wildman–Crippen MR) is 84.7 cm³/mol. The molecule has 1 aromatic rings. The highest BCUT2D eigenvalue weighted by atomic mass is 35.5. The molecule has 0 atom stereocenters. The van der Waals surface area contributed by atoms with Gasteiger partial charge in [-0.1, -0.05) is 6.92 Å². The van der Waals surface area contributed by atoms with Crippen LogP contribution in [0.2, 0.25) is 0 Å². The molecule has 0 unspecified atom stereocenters. The third kappa shape index (κ3) is 4.80. The third-order valence-electron chi connectivity index (χ3n) is 2.97. The van der Waals surface area contributed by atoms with Gasteiger partial charge in [-0.2, -0.15) is 5.10 Å². The van der Waals surface area contributed by atoms with Gasteiger partial charge in [-0.15, -0.1) is 12.4 Å². The number of amides is 1. The Morgan fingerprint density at radius 3 is 2.50 bits per heavy atom. The molecule has 0 saturated carbocycles. The highest BCUT2D eigenvalue weighted by molar-refractivity contribution is 5.95. The molecule has 1 aromatic heterocycles. The fourth-order valence-electron chi connectivity index (χ4n) is 2.04. The van der Waals surface area contributed by atoms with Crippen LogP contribution in [-0.2, 0) is 12.0 Å². The maximum Gasteiger partial charge on any atom is 0.254 e. The van der Waals surface area contributed by atoms with E-state index in [4.69, 9.17) is 0 Å². The molecule has 6 heteroatoms. The van der Waals surface area contributed by atoms with Crippen molar-refractivity contribution in [2.75, 3.05) is 20.1 Å². The lowest BCUT2D eigenvalue weighted by molar-refractivity contribution is 0.0952. The number of aromatic nitrogens is 2. The minimum absolute atomic E-state index is 0. The zero-order valence-electron chi connectivity index (χ0n) is 13.1. The van der Waals surface area contributed by atoms with Gasteiger partial charge in [0.15, 0.2) is 0 Å². The fourth-order valence-corrected chi connectivity index (χ4v) is 2.04. The maximum absolute atomic E-state index is 12.1. The number of carbonyl (C=O) groups excluding carboxylic acids is 1. The number of rotatable bonds is 6.